The molecule has 4 heteroatoms. The minimum absolute atomic E-state index is 0.0424. The van der Waals surface area contributed by atoms with Crippen LogP contribution in [0.25, 0.3) is 0 Å². The Morgan fingerprint density at radius 1 is 1.26 bits per heavy atom. The average Bonchev–Trinajstić information content (AvgIpc) is 2.45. The third-order valence-electron chi connectivity index (χ3n) is 3.55. The van der Waals surface area contributed by atoms with E-state index in [1.807, 2.05) is 6.92 Å². The molecule has 0 spiro atoms. The quantitative estimate of drug-likeness (QED) is 0.857. The maximum absolute atomic E-state index is 5.76. The minimum Gasteiger partial charge on any atom is -0.371 e. The summed E-state index contributed by atoms with van der Waals surface area (Å²) in [5.74, 6) is 0.883. The summed E-state index contributed by atoms with van der Waals surface area (Å²) in [5, 5.41) is 3.42. The smallest absolute Gasteiger partial charge is 0.157 e. The molecule has 1 aromatic heterocycles. The van der Waals surface area contributed by atoms with Crippen LogP contribution in [0.2, 0.25) is 0 Å². The van der Waals surface area contributed by atoms with Crippen molar-refractivity contribution in [2.75, 3.05) is 13.2 Å². The highest BCUT2D eigenvalue weighted by atomic mass is 16.5. The lowest BCUT2D eigenvalue weighted by molar-refractivity contribution is 0.0530. The number of hydrogen-bond acceptors (Lipinski definition) is 4. The van der Waals surface area contributed by atoms with E-state index in [1.54, 1.807) is 0 Å². The van der Waals surface area contributed by atoms with Crippen molar-refractivity contribution in [1.29, 1.82) is 0 Å². The summed E-state index contributed by atoms with van der Waals surface area (Å²) in [6.07, 6.45) is 4.12. The minimum atomic E-state index is 0.0424. The summed E-state index contributed by atoms with van der Waals surface area (Å²) in [7, 11) is 0. The van der Waals surface area contributed by atoms with Gasteiger partial charge in [-0.1, -0.05) is 20.3 Å². The van der Waals surface area contributed by atoms with E-state index >= 15 is 0 Å². The number of ether oxygens (including phenoxy) is 1. The van der Waals surface area contributed by atoms with Gasteiger partial charge in [0.2, 0.25) is 0 Å². The summed E-state index contributed by atoms with van der Waals surface area (Å²) in [5.41, 5.74) is 3.77. The highest BCUT2D eigenvalue weighted by Gasteiger charge is 2.20. The highest BCUT2D eigenvalue weighted by molar-refractivity contribution is 5.29. The van der Waals surface area contributed by atoms with E-state index in [1.165, 1.54) is 17.0 Å². The SMILES string of the molecule is CCCc1nc(C(CC)OCC)nc2c1CNCC2. The molecule has 0 bridgehead atoms. The van der Waals surface area contributed by atoms with Crippen molar-refractivity contribution in [3.05, 3.63) is 22.8 Å². The first-order chi connectivity index (χ1) is 9.30. The van der Waals surface area contributed by atoms with E-state index in [4.69, 9.17) is 14.7 Å². The van der Waals surface area contributed by atoms with Gasteiger partial charge in [0, 0.05) is 37.4 Å². The van der Waals surface area contributed by atoms with Crippen LogP contribution >= 0.6 is 0 Å². The van der Waals surface area contributed by atoms with Gasteiger partial charge in [-0.3, -0.25) is 0 Å². The first-order valence-electron chi connectivity index (χ1n) is 7.50. The van der Waals surface area contributed by atoms with E-state index in [0.29, 0.717) is 6.61 Å². The fourth-order valence-corrected chi connectivity index (χ4v) is 2.60. The molecule has 0 saturated heterocycles. The van der Waals surface area contributed by atoms with Crippen LogP contribution in [0, 0.1) is 0 Å². The lowest BCUT2D eigenvalue weighted by atomic mass is 10.0. The van der Waals surface area contributed by atoms with Crippen LogP contribution in [-0.2, 0) is 24.1 Å². The van der Waals surface area contributed by atoms with Crippen LogP contribution in [0.3, 0.4) is 0 Å². The van der Waals surface area contributed by atoms with Gasteiger partial charge in [0.05, 0.1) is 5.69 Å². The van der Waals surface area contributed by atoms with E-state index in [-0.39, 0.29) is 6.10 Å². The van der Waals surface area contributed by atoms with Gasteiger partial charge in [0.25, 0.3) is 0 Å². The normalized spacial score (nSPS) is 16.2. The van der Waals surface area contributed by atoms with Crippen LogP contribution in [0.15, 0.2) is 0 Å². The van der Waals surface area contributed by atoms with Crippen LogP contribution < -0.4 is 5.32 Å². The van der Waals surface area contributed by atoms with E-state index < -0.39 is 0 Å². The second-order valence-corrected chi connectivity index (χ2v) is 4.98. The molecule has 0 aromatic carbocycles. The molecular weight excluding hydrogens is 238 g/mol. The lowest BCUT2D eigenvalue weighted by Crippen LogP contribution is -2.27. The van der Waals surface area contributed by atoms with Gasteiger partial charge in [-0.05, 0) is 19.8 Å². The van der Waals surface area contributed by atoms with Crippen LogP contribution in [0.5, 0.6) is 0 Å². The summed E-state index contributed by atoms with van der Waals surface area (Å²) >= 11 is 0. The van der Waals surface area contributed by atoms with Gasteiger partial charge in [-0.2, -0.15) is 0 Å². The highest BCUT2D eigenvalue weighted by Crippen LogP contribution is 2.23. The summed E-state index contributed by atoms with van der Waals surface area (Å²) < 4.78 is 5.76. The Kier molecular flexibility index (Phi) is 5.28. The Bertz CT molecular complexity index is 420. The average molecular weight is 263 g/mol. The molecule has 2 heterocycles. The maximum Gasteiger partial charge on any atom is 0.157 e. The second-order valence-electron chi connectivity index (χ2n) is 4.98. The Labute approximate surface area is 116 Å². The molecular formula is C15H25N3O. The molecule has 0 saturated carbocycles. The molecule has 1 N–H and O–H groups in total. The zero-order valence-corrected chi connectivity index (χ0v) is 12.3. The Morgan fingerprint density at radius 3 is 2.79 bits per heavy atom. The number of aryl methyl sites for hydroxylation is 1. The largest absolute Gasteiger partial charge is 0.371 e. The molecule has 1 aliphatic rings. The number of aromatic nitrogens is 2. The van der Waals surface area contributed by atoms with E-state index in [9.17, 15) is 0 Å². The molecule has 19 heavy (non-hydrogen) atoms. The predicted octanol–water partition coefficient (Wildman–Crippen LogP) is 2.56. The van der Waals surface area contributed by atoms with Crippen molar-refractivity contribution in [2.24, 2.45) is 0 Å². The second kappa shape index (κ2) is 6.96. The number of nitrogens with one attached hydrogen (secondary N) is 1. The van der Waals surface area contributed by atoms with Gasteiger partial charge >= 0.3 is 0 Å². The molecule has 1 aromatic rings. The Hall–Kier alpha value is -1.00. The zero-order chi connectivity index (χ0) is 13.7. The molecule has 0 amide bonds. The number of nitrogens with zero attached hydrogens (tertiary/aromatic N) is 2. The molecule has 0 aliphatic carbocycles. The first-order valence-corrected chi connectivity index (χ1v) is 7.50. The maximum atomic E-state index is 5.76. The van der Waals surface area contributed by atoms with Crippen molar-refractivity contribution in [2.45, 2.75) is 59.1 Å². The topological polar surface area (TPSA) is 47.0 Å². The third-order valence-corrected chi connectivity index (χ3v) is 3.55. The molecule has 1 atom stereocenters. The van der Waals surface area contributed by atoms with Crippen molar-refractivity contribution >= 4 is 0 Å². The van der Waals surface area contributed by atoms with Crippen molar-refractivity contribution < 1.29 is 4.74 Å². The van der Waals surface area contributed by atoms with Gasteiger partial charge < -0.3 is 10.1 Å². The summed E-state index contributed by atoms with van der Waals surface area (Å²) in [4.78, 5) is 9.56. The van der Waals surface area contributed by atoms with Crippen molar-refractivity contribution in [3.63, 3.8) is 0 Å². The standard InChI is InChI=1S/C15H25N3O/c1-4-7-12-11-10-16-9-8-13(11)18-15(17-12)14(5-2)19-6-3/h14,16H,4-10H2,1-3H3. The van der Waals surface area contributed by atoms with Gasteiger partial charge in [0.15, 0.2) is 5.82 Å². The van der Waals surface area contributed by atoms with Gasteiger partial charge in [-0.25, -0.2) is 9.97 Å². The van der Waals surface area contributed by atoms with E-state index in [0.717, 1.165) is 44.6 Å². The molecule has 106 valence electrons. The molecule has 1 aliphatic heterocycles. The Morgan fingerprint density at radius 2 is 2.11 bits per heavy atom. The van der Waals surface area contributed by atoms with Gasteiger partial charge in [0.1, 0.15) is 6.10 Å². The summed E-state index contributed by atoms with van der Waals surface area (Å²) in [6.45, 7) is 8.99. The third kappa shape index (κ3) is 3.31. The van der Waals surface area contributed by atoms with Crippen molar-refractivity contribution in [1.82, 2.24) is 15.3 Å². The molecule has 2 rings (SSSR count). The first kappa shape index (κ1) is 14.4. The molecule has 4 nitrogen and oxygen atoms in total. The fourth-order valence-electron chi connectivity index (χ4n) is 2.60. The predicted molar refractivity (Wildman–Crippen MR) is 76.1 cm³/mol. The monoisotopic (exact) mass is 263 g/mol. The molecule has 1 unspecified atom stereocenters. The lowest BCUT2D eigenvalue weighted by Gasteiger charge is -2.22. The van der Waals surface area contributed by atoms with Crippen molar-refractivity contribution in [3.8, 4) is 0 Å². The number of hydrogen-bond donors (Lipinski definition) is 1. The summed E-state index contributed by atoms with van der Waals surface area (Å²) in [6, 6.07) is 0. The van der Waals surface area contributed by atoms with Crippen LogP contribution in [-0.4, -0.2) is 23.1 Å². The zero-order valence-electron chi connectivity index (χ0n) is 12.3. The van der Waals surface area contributed by atoms with Crippen LogP contribution in [0.4, 0.5) is 0 Å². The molecule has 0 fully saturated rings. The number of fused-ring (bicyclic) bond motifs is 1. The van der Waals surface area contributed by atoms with Crippen LogP contribution in [0.1, 0.15) is 62.5 Å². The molecule has 0 radical (unpaired) electrons. The Balaban J connectivity index is 2.36. The van der Waals surface area contributed by atoms with E-state index in [2.05, 4.69) is 19.2 Å². The fraction of sp³-hybridized carbons (Fsp3) is 0.733. The number of rotatable bonds is 6. The van der Waals surface area contributed by atoms with Gasteiger partial charge in [-0.15, -0.1) is 0 Å².